The molecule has 14 heavy (non-hydrogen) atoms. The molecule has 0 aliphatic rings. The summed E-state index contributed by atoms with van der Waals surface area (Å²) < 4.78 is 5.46. The second kappa shape index (κ2) is 4.04. The predicted octanol–water partition coefficient (Wildman–Crippen LogP) is 3.69. The molecule has 1 aromatic carbocycles. The molecule has 0 aliphatic carbocycles. The third-order valence-electron chi connectivity index (χ3n) is 3.03. The number of hydrogen-bond donors (Lipinski definition) is 0. The number of rotatable bonds is 3. The first-order chi connectivity index (χ1) is 6.53. The van der Waals surface area contributed by atoms with Crippen LogP contribution in [-0.4, -0.2) is 7.11 Å². The molecule has 0 atom stereocenters. The lowest BCUT2D eigenvalue weighted by molar-refractivity contribution is 0.386. The molecule has 1 rings (SSSR count). The van der Waals surface area contributed by atoms with Gasteiger partial charge in [-0.3, -0.25) is 0 Å². The molecule has 0 radical (unpaired) electrons. The molecule has 0 bridgehead atoms. The molecule has 0 aliphatic heterocycles. The number of aryl methyl sites for hydroxylation is 1. The van der Waals surface area contributed by atoms with E-state index in [4.69, 9.17) is 4.74 Å². The van der Waals surface area contributed by atoms with Gasteiger partial charge >= 0.3 is 0 Å². The van der Waals surface area contributed by atoms with Gasteiger partial charge in [-0.1, -0.05) is 39.0 Å². The van der Waals surface area contributed by atoms with Crippen molar-refractivity contribution in [1.82, 2.24) is 0 Å². The molecule has 0 fully saturated rings. The minimum Gasteiger partial charge on any atom is -0.496 e. The second-order valence-electron chi connectivity index (χ2n) is 4.39. The van der Waals surface area contributed by atoms with Crippen LogP contribution in [0, 0.1) is 6.92 Å². The first-order valence-corrected chi connectivity index (χ1v) is 5.17. The Kier molecular flexibility index (Phi) is 3.20. The third kappa shape index (κ3) is 1.92. The Balaban J connectivity index is 3.27. The van der Waals surface area contributed by atoms with Gasteiger partial charge < -0.3 is 4.74 Å². The van der Waals surface area contributed by atoms with Crippen LogP contribution in [0.3, 0.4) is 0 Å². The molecular formula is C13H20O. The minimum absolute atomic E-state index is 0.192. The summed E-state index contributed by atoms with van der Waals surface area (Å²) in [6.45, 7) is 8.81. The number of ether oxygens (including phenoxy) is 1. The molecule has 0 N–H and O–H groups in total. The maximum atomic E-state index is 5.46. The van der Waals surface area contributed by atoms with Crippen molar-refractivity contribution in [1.29, 1.82) is 0 Å². The summed E-state index contributed by atoms with van der Waals surface area (Å²) in [5.41, 5.74) is 2.71. The summed E-state index contributed by atoms with van der Waals surface area (Å²) in [7, 11) is 1.75. The van der Waals surface area contributed by atoms with E-state index in [2.05, 4.69) is 45.9 Å². The zero-order valence-electron chi connectivity index (χ0n) is 9.85. The van der Waals surface area contributed by atoms with Crippen molar-refractivity contribution in [3.05, 3.63) is 29.3 Å². The standard InChI is InChI=1S/C13H20O/c1-6-13(3,4)11-9-7-8-10(2)12(11)14-5/h7-9H,6H2,1-5H3. The maximum Gasteiger partial charge on any atom is 0.125 e. The number of para-hydroxylation sites is 1. The summed E-state index contributed by atoms with van der Waals surface area (Å²) in [6, 6.07) is 6.36. The van der Waals surface area contributed by atoms with Crippen LogP contribution in [0.4, 0.5) is 0 Å². The third-order valence-corrected chi connectivity index (χ3v) is 3.03. The topological polar surface area (TPSA) is 9.23 Å². The van der Waals surface area contributed by atoms with Gasteiger partial charge in [-0.15, -0.1) is 0 Å². The molecule has 0 saturated carbocycles. The van der Waals surface area contributed by atoms with Crippen LogP contribution < -0.4 is 4.74 Å². The van der Waals surface area contributed by atoms with Gasteiger partial charge in [-0.05, 0) is 29.9 Å². The van der Waals surface area contributed by atoms with E-state index in [1.165, 1.54) is 11.1 Å². The Morgan fingerprint density at radius 2 is 1.93 bits per heavy atom. The Bertz CT molecular complexity index is 313. The van der Waals surface area contributed by atoms with Crippen molar-refractivity contribution in [3.63, 3.8) is 0 Å². The molecule has 0 heterocycles. The van der Waals surface area contributed by atoms with Gasteiger partial charge in [0.15, 0.2) is 0 Å². The fraction of sp³-hybridized carbons (Fsp3) is 0.538. The SMILES string of the molecule is CCC(C)(C)c1cccc(C)c1OC. The van der Waals surface area contributed by atoms with E-state index >= 15 is 0 Å². The summed E-state index contributed by atoms with van der Waals surface area (Å²) in [5, 5.41) is 0. The van der Waals surface area contributed by atoms with E-state index < -0.39 is 0 Å². The molecule has 0 saturated heterocycles. The highest BCUT2D eigenvalue weighted by molar-refractivity contribution is 5.44. The number of methoxy groups -OCH3 is 1. The summed E-state index contributed by atoms with van der Waals surface area (Å²) in [4.78, 5) is 0. The molecule has 78 valence electrons. The molecule has 0 aromatic heterocycles. The van der Waals surface area contributed by atoms with Gasteiger partial charge in [-0.2, -0.15) is 0 Å². The Labute approximate surface area is 87.1 Å². The first kappa shape index (κ1) is 11.1. The largest absolute Gasteiger partial charge is 0.496 e. The molecular weight excluding hydrogens is 172 g/mol. The molecule has 0 spiro atoms. The van der Waals surface area contributed by atoms with Crippen molar-refractivity contribution < 1.29 is 4.74 Å². The number of benzene rings is 1. The maximum absolute atomic E-state index is 5.46. The van der Waals surface area contributed by atoms with Crippen LogP contribution in [-0.2, 0) is 5.41 Å². The lowest BCUT2D eigenvalue weighted by Gasteiger charge is -2.26. The van der Waals surface area contributed by atoms with Crippen LogP contribution >= 0.6 is 0 Å². The normalized spacial score (nSPS) is 11.5. The van der Waals surface area contributed by atoms with E-state index in [-0.39, 0.29) is 5.41 Å². The summed E-state index contributed by atoms with van der Waals surface area (Å²) in [6.07, 6.45) is 1.12. The monoisotopic (exact) mass is 192 g/mol. The highest BCUT2D eigenvalue weighted by Gasteiger charge is 2.22. The average molecular weight is 192 g/mol. The van der Waals surface area contributed by atoms with E-state index in [0.717, 1.165) is 12.2 Å². The van der Waals surface area contributed by atoms with E-state index in [1.807, 2.05) is 0 Å². The Morgan fingerprint density at radius 1 is 1.29 bits per heavy atom. The van der Waals surface area contributed by atoms with Gasteiger partial charge in [0.05, 0.1) is 7.11 Å². The van der Waals surface area contributed by atoms with Crippen LogP contribution in [0.2, 0.25) is 0 Å². The van der Waals surface area contributed by atoms with Gasteiger partial charge in [0.2, 0.25) is 0 Å². The predicted molar refractivity (Wildman–Crippen MR) is 61.0 cm³/mol. The highest BCUT2D eigenvalue weighted by atomic mass is 16.5. The van der Waals surface area contributed by atoms with Crippen molar-refractivity contribution >= 4 is 0 Å². The van der Waals surface area contributed by atoms with Gasteiger partial charge in [-0.25, -0.2) is 0 Å². The van der Waals surface area contributed by atoms with E-state index in [0.29, 0.717) is 0 Å². The smallest absolute Gasteiger partial charge is 0.125 e. The lowest BCUT2D eigenvalue weighted by atomic mass is 9.81. The first-order valence-electron chi connectivity index (χ1n) is 5.17. The van der Waals surface area contributed by atoms with Crippen LogP contribution in [0.15, 0.2) is 18.2 Å². The fourth-order valence-electron chi connectivity index (χ4n) is 1.65. The van der Waals surface area contributed by atoms with Gasteiger partial charge in [0.25, 0.3) is 0 Å². The van der Waals surface area contributed by atoms with E-state index in [9.17, 15) is 0 Å². The zero-order valence-corrected chi connectivity index (χ0v) is 9.85. The Morgan fingerprint density at radius 3 is 2.43 bits per heavy atom. The van der Waals surface area contributed by atoms with Crippen LogP contribution in [0.1, 0.15) is 38.3 Å². The average Bonchev–Trinajstić information content (AvgIpc) is 2.17. The Hall–Kier alpha value is -0.980. The molecule has 1 aromatic rings. The van der Waals surface area contributed by atoms with Gasteiger partial charge in [0, 0.05) is 0 Å². The van der Waals surface area contributed by atoms with Crippen molar-refractivity contribution in [2.75, 3.05) is 7.11 Å². The summed E-state index contributed by atoms with van der Waals surface area (Å²) in [5.74, 6) is 1.04. The molecule has 1 nitrogen and oxygen atoms in total. The van der Waals surface area contributed by atoms with Crippen LogP contribution in [0.25, 0.3) is 0 Å². The molecule has 1 heteroatoms. The highest BCUT2D eigenvalue weighted by Crippen LogP contribution is 2.35. The zero-order chi connectivity index (χ0) is 10.8. The quantitative estimate of drug-likeness (QED) is 0.709. The van der Waals surface area contributed by atoms with E-state index in [1.54, 1.807) is 7.11 Å². The van der Waals surface area contributed by atoms with Crippen molar-refractivity contribution in [2.24, 2.45) is 0 Å². The fourth-order valence-corrected chi connectivity index (χ4v) is 1.65. The minimum atomic E-state index is 0.192. The number of hydrogen-bond acceptors (Lipinski definition) is 1. The lowest BCUT2D eigenvalue weighted by Crippen LogP contribution is -2.17. The molecule has 0 amide bonds. The summed E-state index contributed by atoms with van der Waals surface area (Å²) >= 11 is 0. The molecule has 0 unspecified atom stereocenters. The van der Waals surface area contributed by atoms with Crippen molar-refractivity contribution in [3.8, 4) is 5.75 Å². The van der Waals surface area contributed by atoms with Gasteiger partial charge in [0.1, 0.15) is 5.75 Å². The van der Waals surface area contributed by atoms with Crippen LogP contribution in [0.5, 0.6) is 5.75 Å². The second-order valence-corrected chi connectivity index (χ2v) is 4.39. The van der Waals surface area contributed by atoms with Crippen molar-refractivity contribution in [2.45, 2.75) is 39.5 Å².